The van der Waals surface area contributed by atoms with Crippen molar-refractivity contribution in [2.75, 3.05) is 38.1 Å². The maximum atomic E-state index is 14.4. The summed E-state index contributed by atoms with van der Waals surface area (Å²) in [6.45, 7) is 1.65. The predicted molar refractivity (Wildman–Crippen MR) is 205 cm³/mol. The van der Waals surface area contributed by atoms with E-state index in [1.54, 1.807) is 83.8 Å². The van der Waals surface area contributed by atoms with Crippen LogP contribution < -0.4 is 9.08 Å². The van der Waals surface area contributed by atoms with Gasteiger partial charge in [0.25, 0.3) is 10.0 Å². The highest BCUT2D eigenvalue weighted by molar-refractivity contribution is 7.89. The normalized spacial score (nSPS) is 14.5. The molecule has 1 amide bonds. The first-order chi connectivity index (χ1) is 25.4. The second-order valence-electron chi connectivity index (χ2n) is 12.5. The van der Waals surface area contributed by atoms with E-state index in [1.807, 2.05) is 12.1 Å². The van der Waals surface area contributed by atoms with Gasteiger partial charge in [0.15, 0.2) is 5.03 Å². The van der Waals surface area contributed by atoms with E-state index in [0.29, 0.717) is 63.3 Å². The van der Waals surface area contributed by atoms with E-state index in [1.165, 1.54) is 31.6 Å². The first-order valence-electron chi connectivity index (χ1n) is 16.6. The number of nitrogens with zero attached hydrogens (tertiary/aromatic N) is 5. The van der Waals surface area contributed by atoms with Crippen LogP contribution in [0.2, 0.25) is 10.0 Å². The van der Waals surface area contributed by atoms with E-state index in [2.05, 4.69) is 14.9 Å². The van der Waals surface area contributed by atoms with Crippen molar-refractivity contribution in [2.24, 2.45) is 0 Å². The molecule has 53 heavy (non-hydrogen) atoms. The molecular weight excluding hydrogens is 757 g/mol. The van der Waals surface area contributed by atoms with Gasteiger partial charge >= 0.3 is 10.1 Å². The van der Waals surface area contributed by atoms with Gasteiger partial charge in [0.1, 0.15) is 11.8 Å². The molecule has 0 saturated carbocycles. The van der Waals surface area contributed by atoms with Crippen LogP contribution in [0, 0.1) is 0 Å². The van der Waals surface area contributed by atoms with Gasteiger partial charge in [-0.1, -0.05) is 83.9 Å². The molecule has 1 saturated heterocycles. The Morgan fingerprint density at radius 3 is 1.96 bits per heavy atom. The van der Waals surface area contributed by atoms with E-state index >= 15 is 0 Å². The molecule has 0 radical (unpaired) electrons. The minimum absolute atomic E-state index is 0.00968. The summed E-state index contributed by atoms with van der Waals surface area (Å²) in [5.41, 5.74) is 1.45. The number of piperazine rings is 1. The fourth-order valence-corrected chi connectivity index (χ4v) is 9.22. The van der Waals surface area contributed by atoms with E-state index in [9.17, 15) is 21.6 Å². The van der Waals surface area contributed by atoms with Gasteiger partial charge < -0.3 is 14.0 Å². The van der Waals surface area contributed by atoms with Crippen LogP contribution in [-0.4, -0.2) is 81.2 Å². The number of benzene rings is 4. The highest BCUT2D eigenvalue weighted by atomic mass is 35.5. The number of likely N-dealkylation sites (N-methyl/N-ethyl adjacent to an activating group) is 1. The Morgan fingerprint density at radius 2 is 1.34 bits per heavy atom. The number of halogens is 2. The average Bonchev–Trinajstić information content (AvgIpc) is 3.17. The molecule has 0 bridgehead atoms. The number of anilines is 1. The van der Waals surface area contributed by atoms with Gasteiger partial charge in [-0.2, -0.15) is 12.7 Å². The Balaban J connectivity index is 1.15. The van der Waals surface area contributed by atoms with Crippen LogP contribution in [0.1, 0.15) is 5.56 Å². The van der Waals surface area contributed by atoms with Crippen LogP contribution in [-0.2, 0) is 31.4 Å². The minimum atomic E-state index is -4.30. The predicted octanol–water partition coefficient (Wildman–Crippen LogP) is 6.44. The molecule has 1 fully saturated rings. The van der Waals surface area contributed by atoms with Gasteiger partial charge in [0.2, 0.25) is 10.9 Å². The lowest BCUT2D eigenvalue weighted by atomic mass is 10.0. The summed E-state index contributed by atoms with van der Waals surface area (Å²) in [4.78, 5) is 26.4. The van der Waals surface area contributed by atoms with Crippen molar-refractivity contribution < 1.29 is 25.8 Å². The second kappa shape index (κ2) is 14.9. The Hall–Kier alpha value is -4.79. The molecule has 2 aromatic heterocycles. The molecule has 7 rings (SSSR count). The molecule has 1 aliphatic rings. The van der Waals surface area contributed by atoms with Gasteiger partial charge in [-0.05, 0) is 65.2 Å². The van der Waals surface area contributed by atoms with Crippen LogP contribution in [0.4, 0.5) is 5.69 Å². The maximum absolute atomic E-state index is 14.4. The van der Waals surface area contributed by atoms with Crippen molar-refractivity contribution in [3.05, 3.63) is 131 Å². The fraction of sp³-hybridized carbons (Fsp3) is 0.184. The summed E-state index contributed by atoms with van der Waals surface area (Å²) in [5.74, 6) is -0.347. The number of carbonyl (C=O) groups excluding carboxylic acids is 1. The molecule has 0 aliphatic carbocycles. The Kier molecular flexibility index (Phi) is 10.3. The van der Waals surface area contributed by atoms with Gasteiger partial charge in [-0.25, -0.2) is 18.4 Å². The average molecular weight is 791 g/mol. The van der Waals surface area contributed by atoms with E-state index in [-0.39, 0.29) is 28.1 Å². The van der Waals surface area contributed by atoms with Gasteiger partial charge in [0.05, 0.1) is 10.0 Å². The lowest BCUT2D eigenvalue weighted by Crippen LogP contribution is -2.56. The van der Waals surface area contributed by atoms with Crippen LogP contribution in [0.15, 0.2) is 126 Å². The van der Waals surface area contributed by atoms with Crippen molar-refractivity contribution in [1.82, 2.24) is 19.2 Å². The van der Waals surface area contributed by atoms with Crippen LogP contribution in [0.25, 0.3) is 21.5 Å². The Morgan fingerprint density at radius 1 is 0.755 bits per heavy atom. The number of rotatable bonds is 10. The lowest BCUT2D eigenvalue weighted by molar-refractivity contribution is -0.135. The highest BCUT2D eigenvalue weighted by Crippen LogP contribution is 2.30. The summed E-state index contributed by atoms with van der Waals surface area (Å²) in [5, 5.41) is 2.76. The van der Waals surface area contributed by atoms with Crippen LogP contribution in [0.3, 0.4) is 0 Å². The summed E-state index contributed by atoms with van der Waals surface area (Å²) < 4.78 is 61.6. The highest BCUT2D eigenvalue weighted by Gasteiger charge is 2.38. The molecule has 0 N–H and O–H groups in total. The number of hydrogen-bond donors (Lipinski definition) is 0. The molecule has 1 aliphatic heterocycles. The third-order valence-corrected chi connectivity index (χ3v) is 13.1. The maximum Gasteiger partial charge on any atom is 0.357 e. The summed E-state index contributed by atoms with van der Waals surface area (Å²) in [6, 6.07) is 27.8. The standard InChI is InChI=1S/C38H33Cl2N5O6S2/c1-43(52(47,48)36-31-8-4-2-6-27(31)16-18-41-36)35(38(46)45-22-20-44(21-23-45)29-12-15-33(39)34(40)25-29)24-26-10-13-30(14-11-26)51-53(49,50)37-32-9-5-3-7-28(32)17-19-42-37/h2-19,25,35H,20-24H2,1H3. The second-order valence-corrected chi connectivity index (χ2v) is 16.7. The van der Waals surface area contributed by atoms with Gasteiger partial charge in [-0.3, -0.25) is 4.79 Å². The zero-order chi connectivity index (χ0) is 37.3. The van der Waals surface area contributed by atoms with Crippen molar-refractivity contribution in [2.45, 2.75) is 22.5 Å². The zero-order valence-electron chi connectivity index (χ0n) is 28.3. The van der Waals surface area contributed by atoms with Gasteiger partial charge in [0, 0.05) is 62.1 Å². The molecule has 11 nitrogen and oxygen atoms in total. The molecule has 4 aromatic carbocycles. The first kappa shape index (κ1) is 36.6. The fourth-order valence-electron chi connectivity index (χ4n) is 6.41. The largest absolute Gasteiger partial charge is 0.378 e. The Labute approximate surface area is 317 Å². The number of pyridine rings is 2. The molecule has 1 atom stereocenters. The molecule has 3 heterocycles. The van der Waals surface area contributed by atoms with Crippen molar-refractivity contribution in [1.29, 1.82) is 0 Å². The van der Waals surface area contributed by atoms with Crippen LogP contribution >= 0.6 is 23.2 Å². The SMILES string of the molecule is CN(C(Cc1ccc(OS(=O)(=O)c2nccc3ccccc23)cc1)C(=O)N1CCN(c2ccc(Cl)c(Cl)c2)CC1)S(=O)(=O)c1nccc2ccccc12. The minimum Gasteiger partial charge on any atom is -0.378 e. The monoisotopic (exact) mass is 789 g/mol. The zero-order valence-corrected chi connectivity index (χ0v) is 31.5. The topological polar surface area (TPSA) is 130 Å². The molecular formula is C38H33Cl2N5O6S2. The van der Waals surface area contributed by atoms with E-state index in [0.717, 1.165) is 9.99 Å². The number of carbonyl (C=O) groups is 1. The van der Waals surface area contributed by atoms with E-state index < -0.39 is 26.2 Å². The summed E-state index contributed by atoms with van der Waals surface area (Å²) >= 11 is 12.4. The first-order valence-corrected chi connectivity index (χ1v) is 20.2. The number of aromatic nitrogens is 2. The lowest BCUT2D eigenvalue weighted by Gasteiger charge is -2.39. The number of hydrogen-bond acceptors (Lipinski definition) is 9. The molecule has 0 spiro atoms. The van der Waals surface area contributed by atoms with Gasteiger partial charge in [-0.15, -0.1) is 0 Å². The molecule has 6 aromatic rings. The van der Waals surface area contributed by atoms with Crippen molar-refractivity contribution in [3.8, 4) is 5.75 Å². The summed E-state index contributed by atoms with van der Waals surface area (Å²) in [7, 11) is -7.20. The molecule has 272 valence electrons. The smallest absolute Gasteiger partial charge is 0.357 e. The quantitative estimate of drug-likeness (QED) is 0.144. The third kappa shape index (κ3) is 7.53. The molecule has 15 heteroatoms. The summed E-state index contributed by atoms with van der Waals surface area (Å²) in [6.07, 6.45) is 2.83. The number of sulfonamides is 1. The molecule has 1 unspecified atom stereocenters. The van der Waals surface area contributed by atoms with E-state index in [4.69, 9.17) is 27.4 Å². The van der Waals surface area contributed by atoms with Crippen molar-refractivity contribution in [3.63, 3.8) is 0 Å². The Bertz CT molecular complexity index is 2540. The number of fused-ring (bicyclic) bond motifs is 2. The third-order valence-electron chi connectivity index (χ3n) is 9.28. The number of amides is 1. The van der Waals surface area contributed by atoms with Crippen LogP contribution in [0.5, 0.6) is 5.75 Å². The van der Waals surface area contributed by atoms with Crippen molar-refractivity contribution >= 4 is 76.5 Å².